The number of hydrogen-bond acceptors (Lipinski definition) is 7. The van der Waals surface area contributed by atoms with Gasteiger partial charge in [0.25, 0.3) is 5.91 Å². The molecular weight excluding hydrogens is 456 g/mol. The number of amides is 1. The van der Waals surface area contributed by atoms with E-state index in [0.717, 1.165) is 23.3 Å². The van der Waals surface area contributed by atoms with Gasteiger partial charge in [-0.25, -0.2) is 8.42 Å². The van der Waals surface area contributed by atoms with Crippen molar-refractivity contribution in [2.45, 2.75) is 32.4 Å². The van der Waals surface area contributed by atoms with E-state index in [2.05, 4.69) is 5.16 Å². The smallest absolute Gasteiger partial charge is 0.276 e. The number of rotatable bonds is 9. The van der Waals surface area contributed by atoms with Crippen molar-refractivity contribution < 1.29 is 27.2 Å². The molecule has 4 rings (SSSR count). The van der Waals surface area contributed by atoms with Crippen molar-refractivity contribution in [2.75, 3.05) is 25.2 Å². The summed E-state index contributed by atoms with van der Waals surface area (Å²) < 4.78 is 40.5. The van der Waals surface area contributed by atoms with Crippen LogP contribution in [0.2, 0.25) is 0 Å². The maximum atomic E-state index is 13.5. The van der Waals surface area contributed by atoms with Gasteiger partial charge in [-0.2, -0.15) is 0 Å². The number of sulfone groups is 1. The van der Waals surface area contributed by atoms with Crippen LogP contribution in [0, 0.1) is 0 Å². The van der Waals surface area contributed by atoms with Crippen LogP contribution in [-0.4, -0.2) is 55.6 Å². The molecule has 2 heterocycles. The van der Waals surface area contributed by atoms with E-state index in [9.17, 15) is 13.2 Å². The maximum Gasteiger partial charge on any atom is 0.276 e. The highest BCUT2D eigenvalue weighted by Crippen LogP contribution is 2.26. The lowest BCUT2D eigenvalue weighted by atomic mass is 10.1. The number of hydrogen-bond donors (Lipinski definition) is 0. The van der Waals surface area contributed by atoms with Gasteiger partial charge in [0.2, 0.25) is 0 Å². The first-order valence-electron chi connectivity index (χ1n) is 11.2. The second kappa shape index (κ2) is 10.3. The molecule has 1 aromatic heterocycles. The van der Waals surface area contributed by atoms with Crippen LogP contribution in [-0.2, 0) is 16.4 Å². The lowest BCUT2D eigenvalue weighted by Gasteiger charge is -2.27. The molecule has 0 radical (unpaired) electrons. The minimum atomic E-state index is -3.18. The maximum absolute atomic E-state index is 13.5. The number of aromatic nitrogens is 1. The van der Waals surface area contributed by atoms with Crippen LogP contribution in [0.5, 0.6) is 11.5 Å². The van der Waals surface area contributed by atoms with Gasteiger partial charge in [0.15, 0.2) is 21.3 Å². The predicted octanol–water partition coefficient (Wildman–Crippen LogP) is 3.97. The van der Waals surface area contributed by atoms with E-state index in [1.165, 1.54) is 0 Å². The fourth-order valence-electron chi connectivity index (χ4n) is 3.91. The van der Waals surface area contributed by atoms with E-state index in [-0.39, 0.29) is 29.7 Å². The minimum absolute atomic E-state index is 0.0559. The van der Waals surface area contributed by atoms with E-state index in [1.807, 2.05) is 43.3 Å². The molecule has 1 atom stereocenters. The van der Waals surface area contributed by atoms with Crippen molar-refractivity contribution in [1.82, 2.24) is 10.1 Å². The highest BCUT2D eigenvalue weighted by Gasteiger charge is 2.36. The Morgan fingerprint density at radius 2 is 1.82 bits per heavy atom. The molecule has 0 spiro atoms. The fourth-order valence-corrected chi connectivity index (χ4v) is 5.64. The molecular formula is C25H28N2O6S. The van der Waals surface area contributed by atoms with E-state index < -0.39 is 15.9 Å². The zero-order valence-electron chi connectivity index (χ0n) is 19.3. The number of carbonyl (C=O) groups excluding carboxylic acids is 1. The van der Waals surface area contributed by atoms with Crippen LogP contribution in [0.15, 0.2) is 59.1 Å². The van der Waals surface area contributed by atoms with Crippen LogP contribution in [0.3, 0.4) is 0 Å². The first-order chi connectivity index (χ1) is 16.4. The molecule has 0 N–H and O–H groups in total. The molecule has 9 heteroatoms. The summed E-state index contributed by atoms with van der Waals surface area (Å²) in [6.45, 7) is 2.93. The molecule has 1 aliphatic heterocycles. The average molecular weight is 485 g/mol. The van der Waals surface area contributed by atoms with Crippen molar-refractivity contribution in [1.29, 1.82) is 0 Å². The summed E-state index contributed by atoms with van der Waals surface area (Å²) in [5.74, 6) is 1.56. The summed E-state index contributed by atoms with van der Waals surface area (Å²) in [6.07, 6.45) is 1.31. The molecule has 1 fully saturated rings. The third kappa shape index (κ3) is 5.59. The summed E-state index contributed by atoms with van der Waals surface area (Å²) in [4.78, 5) is 15.0. The zero-order valence-corrected chi connectivity index (χ0v) is 20.1. The normalized spacial score (nSPS) is 16.8. The Kier molecular flexibility index (Phi) is 7.21. The number of methoxy groups -OCH3 is 1. The lowest BCUT2D eigenvalue weighted by Crippen LogP contribution is -2.40. The molecule has 180 valence electrons. The quantitative estimate of drug-likeness (QED) is 0.453. The molecule has 0 bridgehead atoms. The second-order valence-corrected chi connectivity index (χ2v) is 10.5. The summed E-state index contributed by atoms with van der Waals surface area (Å²) >= 11 is 0. The Hall–Kier alpha value is -3.33. The van der Waals surface area contributed by atoms with Crippen molar-refractivity contribution in [3.63, 3.8) is 0 Å². The average Bonchev–Trinajstić information content (AvgIpc) is 3.48. The highest BCUT2D eigenvalue weighted by atomic mass is 32.2. The summed E-state index contributed by atoms with van der Waals surface area (Å²) in [5.41, 5.74) is 1.77. The Bertz CT molecular complexity index is 1220. The fraction of sp³-hybridized carbons (Fsp3) is 0.360. The van der Waals surface area contributed by atoms with E-state index >= 15 is 0 Å². The van der Waals surface area contributed by atoms with Crippen molar-refractivity contribution in [3.05, 3.63) is 65.9 Å². The summed E-state index contributed by atoms with van der Waals surface area (Å²) in [6, 6.07) is 15.9. The number of nitrogens with zero attached hydrogens (tertiary/aromatic N) is 2. The number of carbonyl (C=O) groups is 1. The van der Waals surface area contributed by atoms with Crippen LogP contribution in [0.1, 0.15) is 35.8 Å². The topological polar surface area (TPSA) is 98.9 Å². The summed E-state index contributed by atoms with van der Waals surface area (Å²) in [7, 11) is -1.59. The lowest BCUT2D eigenvalue weighted by molar-refractivity contribution is 0.0670. The molecule has 1 saturated heterocycles. The molecule has 34 heavy (non-hydrogen) atoms. The molecule has 8 nitrogen and oxygen atoms in total. The minimum Gasteiger partial charge on any atom is -0.497 e. The molecule has 2 aromatic carbocycles. The van der Waals surface area contributed by atoms with Gasteiger partial charge >= 0.3 is 0 Å². The van der Waals surface area contributed by atoms with Crippen LogP contribution in [0.4, 0.5) is 0 Å². The Morgan fingerprint density at radius 1 is 1.12 bits per heavy atom. The van der Waals surface area contributed by atoms with Gasteiger partial charge in [-0.15, -0.1) is 0 Å². The molecule has 0 aliphatic carbocycles. The van der Waals surface area contributed by atoms with Crippen molar-refractivity contribution in [3.8, 4) is 22.8 Å². The number of ether oxygens (including phenoxy) is 2. The Morgan fingerprint density at radius 3 is 2.44 bits per heavy atom. The third-order valence-electron chi connectivity index (χ3n) is 5.76. The monoisotopic (exact) mass is 484 g/mol. The van der Waals surface area contributed by atoms with E-state index in [1.54, 1.807) is 30.2 Å². The number of benzene rings is 2. The van der Waals surface area contributed by atoms with E-state index in [0.29, 0.717) is 24.5 Å². The molecule has 0 saturated carbocycles. The van der Waals surface area contributed by atoms with Gasteiger partial charge in [0, 0.05) is 24.2 Å². The molecule has 3 aromatic rings. The molecule has 1 aliphatic rings. The van der Waals surface area contributed by atoms with Gasteiger partial charge in [0.1, 0.15) is 11.5 Å². The third-order valence-corrected chi connectivity index (χ3v) is 7.51. The van der Waals surface area contributed by atoms with Gasteiger partial charge in [0.05, 0.1) is 25.2 Å². The molecule has 1 amide bonds. The van der Waals surface area contributed by atoms with Crippen molar-refractivity contribution in [2.24, 2.45) is 0 Å². The zero-order chi connectivity index (χ0) is 24.1. The second-order valence-electron chi connectivity index (χ2n) is 8.29. The standard InChI is InChI=1S/C25H28N2O6S/c1-3-13-32-22-8-4-18(5-9-22)16-27(20-12-14-34(29,30)17-20)25(28)23-15-24(33-26-23)19-6-10-21(31-2)11-7-19/h4-11,15,20H,3,12-14,16-17H2,1-2H3. The van der Waals surface area contributed by atoms with Crippen LogP contribution in [0.25, 0.3) is 11.3 Å². The SMILES string of the molecule is CCCOc1ccc(CN(C(=O)c2cc(-c3ccc(OC)cc3)on2)C2CCS(=O)(=O)C2)cc1. The van der Waals surface area contributed by atoms with Gasteiger partial charge in [-0.05, 0) is 54.8 Å². The van der Waals surface area contributed by atoms with E-state index in [4.69, 9.17) is 14.0 Å². The van der Waals surface area contributed by atoms with Crippen LogP contribution < -0.4 is 9.47 Å². The van der Waals surface area contributed by atoms with Gasteiger partial charge in [-0.3, -0.25) is 4.79 Å². The van der Waals surface area contributed by atoms with Crippen LogP contribution >= 0.6 is 0 Å². The van der Waals surface area contributed by atoms with Gasteiger partial charge in [-0.1, -0.05) is 24.2 Å². The highest BCUT2D eigenvalue weighted by molar-refractivity contribution is 7.91. The largest absolute Gasteiger partial charge is 0.497 e. The Balaban J connectivity index is 1.56. The summed E-state index contributed by atoms with van der Waals surface area (Å²) in [5, 5.41) is 3.99. The first kappa shape index (κ1) is 23.8. The first-order valence-corrected chi connectivity index (χ1v) is 13.0. The van der Waals surface area contributed by atoms with Gasteiger partial charge < -0.3 is 18.9 Å². The molecule has 1 unspecified atom stereocenters. The Labute approximate surface area is 199 Å². The predicted molar refractivity (Wildman–Crippen MR) is 128 cm³/mol. The van der Waals surface area contributed by atoms with Crippen molar-refractivity contribution >= 4 is 15.7 Å².